The number of anilines is 1. The molecule has 0 spiro atoms. The highest BCUT2D eigenvalue weighted by Crippen LogP contribution is 2.50. The van der Waals surface area contributed by atoms with Gasteiger partial charge in [0.15, 0.2) is 11.6 Å². The number of hydrogen-bond donors (Lipinski definition) is 1. The van der Waals surface area contributed by atoms with Crippen LogP contribution in [0.25, 0.3) is 5.52 Å². The largest absolute Gasteiger partial charge is 0.508 e. The van der Waals surface area contributed by atoms with Crippen molar-refractivity contribution < 1.29 is 28.5 Å². The van der Waals surface area contributed by atoms with Crippen LogP contribution in [0.1, 0.15) is 65.2 Å². The average molecular weight is 449 g/mol. The summed E-state index contributed by atoms with van der Waals surface area (Å²) >= 11 is 0. The molecule has 0 amide bonds. The lowest BCUT2D eigenvalue weighted by molar-refractivity contribution is -0.214. The SMILES string of the molecule is CCCCCCOC(=O)OC[C@@]1(C)O[C@@H](c2ccc3c(N)ncnn23)[C@@H]2OC(C)(C)O[C@@H]21. The Bertz CT molecular complexity index is 963. The van der Waals surface area contributed by atoms with Crippen molar-refractivity contribution in [2.75, 3.05) is 18.9 Å². The number of nitrogens with two attached hydrogens (primary N) is 1. The maximum Gasteiger partial charge on any atom is 0.508 e. The Morgan fingerprint density at radius 2 is 1.97 bits per heavy atom. The molecule has 4 rings (SSSR count). The Hall–Kier alpha value is -2.43. The fraction of sp³-hybridized carbons (Fsp3) is 0.682. The second-order valence-corrected chi connectivity index (χ2v) is 9.02. The standard InChI is InChI=1S/C22H32N4O6/c1-5-6-7-8-11-28-20(27)29-12-22(4)18-17(30-21(2,3)32-18)16(31-22)14-9-10-15-19(23)24-13-25-26(14)15/h9-10,13,16-18H,5-8,11-12H2,1-4H3,(H2,23,24,25)/t16-,17-,18-,22+/m0/s1. The highest BCUT2D eigenvalue weighted by Gasteiger charge is 2.62. The Labute approximate surface area is 187 Å². The van der Waals surface area contributed by atoms with Gasteiger partial charge in [0, 0.05) is 0 Å². The first-order valence-electron chi connectivity index (χ1n) is 11.2. The van der Waals surface area contributed by atoms with Gasteiger partial charge < -0.3 is 29.4 Å². The minimum absolute atomic E-state index is 0.0294. The molecular formula is C22H32N4O6. The molecule has 2 aromatic heterocycles. The number of hydrogen-bond acceptors (Lipinski definition) is 9. The Kier molecular flexibility index (Phi) is 6.28. The molecule has 2 aromatic rings. The van der Waals surface area contributed by atoms with E-state index in [0.29, 0.717) is 17.9 Å². The van der Waals surface area contributed by atoms with Gasteiger partial charge in [-0.15, -0.1) is 0 Å². The number of aromatic nitrogens is 3. The zero-order valence-corrected chi connectivity index (χ0v) is 19.1. The number of nitrogens with zero attached hydrogens (tertiary/aromatic N) is 3. The van der Waals surface area contributed by atoms with Crippen molar-refractivity contribution in [2.45, 2.75) is 83.1 Å². The van der Waals surface area contributed by atoms with Crippen LogP contribution in [-0.4, -0.2) is 57.6 Å². The number of unbranched alkanes of at least 4 members (excludes halogenated alkanes) is 3. The normalized spacial score (nSPS) is 28.7. The summed E-state index contributed by atoms with van der Waals surface area (Å²) < 4.78 is 31.0. The predicted molar refractivity (Wildman–Crippen MR) is 115 cm³/mol. The maximum absolute atomic E-state index is 12.1. The van der Waals surface area contributed by atoms with E-state index in [1.807, 2.05) is 32.9 Å². The zero-order chi connectivity index (χ0) is 22.9. The third kappa shape index (κ3) is 4.39. The predicted octanol–water partition coefficient (Wildman–Crippen LogP) is 3.40. The molecule has 4 heterocycles. The molecule has 0 radical (unpaired) electrons. The van der Waals surface area contributed by atoms with Crippen LogP contribution in [-0.2, 0) is 23.7 Å². The summed E-state index contributed by atoms with van der Waals surface area (Å²) in [6.07, 6.45) is 3.40. The zero-order valence-electron chi connectivity index (χ0n) is 19.1. The van der Waals surface area contributed by atoms with E-state index in [1.165, 1.54) is 6.33 Å². The summed E-state index contributed by atoms with van der Waals surface area (Å²) in [7, 11) is 0. The molecule has 32 heavy (non-hydrogen) atoms. The van der Waals surface area contributed by atoms with Crippen molar-refractivity contribution in [3.05, 3.63) is 24.2 Å². The molecule has 2 fully saturated rings. The van der Waals surface area contributed by atoms with Crippen molar-refractivity contribution in [3.63, 3.8) is 0 Å². The second kappa shape index (κ2) is 8.84. The van der Waals surface area contributed by atoms with Gasteiger partial charge in [-0.1, -0.05) is 26.2 Å². The van der Waals surface area contributed by atoms with Crippen molar-refractivity contribution in [1.29, 1.82) is 0 Å². The first-order valence-corrected chi connectivity index (χ1v) is 11.2. The number of ether oxygens (including phenoxy) is 5. The van der Waals surface area contributed by atoms with E-state index in [2.05, 4.69) is 17.0 Å². The van der Waals surface area contributed by atoms with Crippen molar-refractivity contribution in [3.8, 4) is 0 Å². The first-order chi connectivity index (χ1) is 15.2. The van der Waals surface area contributed by atoms with Crippen LogP contribution in [0.5, 0.6) is 0 Å². The average Bonchev–Trinajstić information content (AvgIpc) is 3.38. The van der Waals surface area contributed by atoms with Gasteiger partial charge in [-0.05, 0) is 39.3 Å². The minimum Gasteiger partial charge on any atom is -0.434 e. The number of carbonyl (C=O) groups excluding carboxylic acids is 1. The fourth-order valence-electron chi connectivity index (χ4n) is 4.37. The molecule has 4 atom stereocenters. The van der Waals surface area contributed by atoms with Gasteiger partial charge >= 0.3 is 6.16 Å². The molecule has 0 unspecified atom stereocenters. The van der Waals surface area contributed by atoms with Crippen LogP contribution in [0.4, 0.5) is 10.6 Å². The molecule has 0 aromatic carbocycles. The number of rotatable bonds is 8. The van der Waals surface area contributed by atoms with Crippen LogP contribution in [0, 0.1) is 0 Å². The lowest BCUT2D eigenvalue weighted by Crippen LogP contribution is -2.45. The number of carbonyl (C=O) groups is 1. The first kappa shape index (κ1) is 22.8. The van der Waals surface area contributed by atoms with E-state index < -0.39 is 35.9 Å². The molecule has 2 aliphatic heterocycles. The van der Waals surface area contributed by atoms with Crippen LogP contribution in [0.2, 0.25) is 0 Å². The molecule has 10 heteroatoms. The third-order valence-corrected chi connectivity index (χ3v) is 5.92. The Morgan fingerprint density at radius 1 is 1.16 bits per heavy atom. The smallest absolute Gasteiger partial charge is 0.434 e. The Morgan fingerprint density at radius 3 is 2.75 bits per heavy atom. The summed E-state index contributed by atoms with van der Waals surface area (Å²) in [5.41, 5.74) is 6.48. The van der Waals surface area contributed by atoms with Crippen LogP contribution in [0.15, 0.2) is 18.5 Å². The van der Waals surface area contributed by atoms with E-state index in [0.717, 1.165) is 31.4 Å². The molecule has 10 nitrogen and oxygen atoms in total. The highest BCUT2D eigenvalue weighted by molar-refractivity contribution is 5.65. The van der Waals surface area contributed by atoms with Gasteiger partial charge in [0.1, 0.15) is 42.4 Å². The van der Waals surface area contributed by atoms with E-state index in [1.54, 1.807) is 4.52 Å². The maximum atomic E-state index is 12.1. The van der Waals surface area contributed by atoms with Gasteiger partial charge in [0.25, 0.3) is 0 Å². The Balaban J connectivity index is 1.48. The van der Waals surface area contributed by atoms with E-state index in [9.17, 15) is 4.79 Å². The highest BCUT2D eigenvalue weighted by atomic mass is 16.8. The van der Waals surface area contributed by atoms with Gasteiger partial charge in [0.05, 0.1) is 12.3 Å². The molecular weight excluding hydrogens is 416 g/mol. The van der Waals surface area contributed by atoms with Crippen LogP contribution < -0.4 is 5.73 Å². The van der Waals surface area contributed by atoms with Crippen LogP contribution in [0.3, 0.4) is 0 Å². The van der Waals surface area contributed by atoms with Gasteiger partial charge in [-0.2, -0.15) is 5.10 Å². The molecule has 176 valence electrons. The van der Waals surface area contributed by atoms with E-state index in [4.69, 9.17) is 29.4 Å². The van der Waals surface area contributed by atoms with E-state index >= 15 is 0 Å². The van der Waals surface area contributed by atoms with Gasteiger partial charge in [0.2, 0.25) is 0 Å². The molecule has 0 bridgehead atoms. The quantitative estimate of drug-likeness (QED) is 0.478. The van der Waals surface area contributed by atoms with Gasteiger partial charge in [-0.3, -0.25) is 0 Å². The molecule has 0 saturated carbocycles. The summed E-state index contributed by atoms with van der Waals surface area (Å²) in [4.78, 5) is 16.1. The molecule has 2 N–H and O–H groups in total. The van der Waals surface area contributed by atoms with Crippen molar-refractivity contribution >= 4 is 17.5 Å². The topological polar surface area (TPSA) is 119 Å². The lowest BCUT2D eigenvalue weighted by atomic mass is 9.97. The van der Waals surface area contributed by atoms with Crippen molar-refractivity contribution in [1.82, 2.24) is 14.6 Å². The lowest BCUT2D eigenvalue weighted by Gasteiger charge is -2.30. The fourth-order valence-corrected chi connectivity index (χ4v) is 4.37. The van der Waals surface area contributed by atoms with Crippen molar-refractivity contribution in [2.24, 2.45) is 0 Å². The number of nitrogen functional groups attached to an aromatic ring is 1. The molecule has 2 aliphatic rings. The summed E-state index contributed by atoms with van der Waals surface area (Å²) in [6, 6.07) is 3.72. The van der Waals surface area contributed by atoms with E-state index in [-0.39, 0.29) is 6.61 Å². The summed E-state index contributed by atoms with van der Waals surface area (Å²) in [6.45, 7) is 8.00. The minimum atomic E-state index is -0.937. The third-order valence-electron chi connectivity index (χ3n) is 5.92. The number of fused-ring (bicyclic) bond motifs is 2. The van der Waals surface area contributed by atoms with Gasteiger partial charge in [-0.25, -0.2) is 14.3 Å². The second-order valence-electron chi connectivity index (χ2n) is 9.02. The summed E-state index contributed by atoms with van der Waals surface area (Å²) in [5.74, 6) is -0.433. The monoisotopic (exact) mass is 448 g/mol. The molecule has 2 saturated heterocycles. The van der Waals surface area contributed by atoms with Crippen LogP contribution >= 0.6 is 0 Å². The molecule has 0 aliphatic carbocycles. The summed E-state index contributed by atoms with van der Waals surface area (Å²) in [5, 5.41) is 4.32.